The molecule has 0 aliphatic carbocycles. The SMILES string of the molecule is C=CCN1CCCC[C@H]1C(N)c1ccc(-c2cccnc2)cc1. The predicted molar refractivity (Wildman–Crippen MR) is 96.0 cm³/mol. The molecule has 1 unspecified atom stereocenters. The maximum atomic E-state index is 6.59. The predicted octanol–water partition coefficient (Wildman–Crippen LogP) is 3.79. The molecule has 1 saturated heterocycles. The quantitative estimate of drug-likeness (QED) is 0.855. The fraction of sp³-hybridized carbons (Fsp3) is 0.350. The highest BCUT2D eigenvalue weighted by Crippen LogP contribution is 2.28. The number of nitrogens with zero attached hydrogens (tertiary/aromatic N) is 2. The number of hydrogen-bond donors (Lipinski definition) is 1. The Hall–Kier alpha value is -1.97. The monoisotopic (exact) mass is 307 g/mol. The normalized spacial score (nSPS) is 20.1. The summed E-state index contributed by atoms with van der Waals surface area (Å²) < 4.78 is 0. The second-order valence-electron chi connectivity index (χ2n) is 6.24. The van der Waals surface area contributed by atoms with Crippen molar-refractivity contribution in [2.75, 3.05) is 13.1 Å². The molecule has 120 valence electrons. The van der Waals surface area contributed by atoms with Crippen molar-refractivity contribution in [2.45, 2.75) is 31.3 Å². The number of hydrogen-bond acceptors (Lipinski definition) is 3. The fourth-order valence-electron chi connectivity index (χ4n) is 3.47. The van der Waals surface area contributed by atoms with Gasteiger partial charge in [-0.15, -0.1) is 6.58 Å². The zero-order valence-electron chi connectivity index (χ0n) is 13.6. The third kappa shape index (κ3) is 3.69. The molecular weight excluding hydrogens is 282 g/mol. The largest absolute Gasteiger partial charge is 0.323 e. The minimum absolute atomic E-state index is 0.0539. The molecule has 2 heterocycles. The van der Waals surface area contributed by atoms with Crippen molar-refractivity contribution in [3.8, 4) is 11.1 Å². The molecule has 0 radical (unpaired) electrons. The van der Waals surface area contributed by atoms with E-state index < -0.39 is 0 Å². The average Bonchev–Trinajstić information content (AvgIpc) is 2.63. The number of rotatable bonds is 5. The van der Waals surface area contributed by atoms with Gasteiger partial charge in [-0.05, 0) is 42.1 Å². The summed E-state index contributed by atoms with van der Waals surface area (Å²) in [7, 11) is 0. The van der Waals surface area contributed by atoms with Gasteiger partial charge < -0.3 is 5.73 Å². The van der Waals surface area contributed by atoms with E-state index in [-0.39, 0.29) is 6.04 Å². The van der Waals surface area contributed by atoms with Crippen molar-refractivity contribution in [1.29, 1.82) is 0 Å². The lowest BCUT2D eigenvalue weighted by molar-refractivity contribution is 0.141. The highest BCUT2D eigenvalue weighted by Gasteiger charge is 2.27. The van der Waals surface area contributed by atoms with Crippen LogP contribution in [-0.4, -0.2) is 29.0 Å². The van der Waals surface area contributed by atoms with Crippen LogP contribution in [0.15, 0.2) is 61.4 Å². The van der Waals surface area contributed by atoms with Gasteiger partial charge in [-0.1, -0.05) is 42.8 Å². The molecule has 1 fully saturated rings. The van der Waals surface area contributed by atoms with Gasteiger partial charge >= 0.3 is 0 Å². The third-order valence-electron chi connectivity index (χ3n) is 4.73. The van der Waals surface area contributed by atoms with E-state index in [2.05, 4.69) is 46.8 Å². The second kappa shape index (κ2) is 7.53. The van der Waals surface area contributed by atoms with E-state index in [0.29, 0.717) is 6.04 Å². The lowest BCUT2D eigenvalue weighted by Gasteiger charge is -2.38. The van der Waals surface area contributed by atoms with Crippen molar-refractivity contribution in [3.05, 3.63) is 67.0 Å². The third-order valence-corrected chi connectivity index (χ3v) is 4.73. The zero-order chi connectivity index (χ0) is 16.1. The molecule has 1 aromatic heterocycles. The van der Waals surface area contributed by atoms with E-state index in [4.69, 9.17) is 5.73 Å². The number of pyridine rings is 1. The first-order chi connectivity index (χ1) is 11.3. The van der Waals surface area contributed by atoms with Gasteiger partial charge in [-0.25, -0.2) is 0 Å². The van der Waals surface area contributed by atoms with Gasteiger partial charge in [0.25, 0.3) is 0 Å². The van der Waals surface area contributed by atoms with E-state index in [0.717, 1.165) is 18.7 Å². The maximum absolute atomic E-state index is 6.59. The van der Waals surface area contributed by atoms with Crippen molar-refractivity contribution >= 4 is 0 Å². The van der Waals surface area contributed by atoms with Crippen LogP contribution in [0.25, 0.3) is 11.1 Å². The summed E-state index contributed by atoms with van der Waals surface area (Å²) >= 11 is 0. The Labute approximate surface area is 138 Å². The Morgan fingerprint density at radius 2 is 2.04 bits per heavy atom. The summed E-state index contributed by atoms with van der Waals surface area (Å²) in [4.78, 5) is 6.65. The minimum atomic E-state index is 0.0539. The van der Waals surface area contributed by atoms with Crippen molar-refractivity contribution in [1.82, 2.24) is 9.88 Å². The van der Waals surface area contributed by atoms with Gasteiger partial charge in [0.15, 0.2) is 0 Å². The van der Waals surface area contributed by atoms with Gasteiger partial charge in [-0.3, -0.25) is 9.88 Å². The molecule has 3 rings (SSSR count). The molecule has 0 spiro atoms. The zero-order valence-corrected chi connectivity index (χ0v) is 13.6. The van der Waals surface area contributed by atoms with Crippen LogP contribution in [0.4, 0.5) is 0 Å². The molecule has 2 N–H and O–H groups in total. The molecule has 3 nitrogen and oxygen atoms in total. The van der Waals surface area contributed by atoms with E-state index >= 15 is 0 Å². The van der Waals surface area contributed by atoms with Gasteiger partial charge in [0.05, 0.1) is 0 Å². The molecule has 2 aromatic rings. The van der Waals surface area contributed by atoms with Crippen molar-refractivity contribution in [3.63, 3.8) is 0 Å². The van der Waals surface area contributed by atoms with Crippen molar-refractivity contribution in [2.24, 2.45) is 5.73 Å². The van der Waals surface area contributed by atoms with Crippen LogP contribution in [0.1, 0.15) is 30.9 Å². The van der Waals surface area contributed by atoms with Gasteiger partial charge in [0.2, 0.25) is 0 Å². The van der Waals surface area contributed by atoms with Gasteiger partial charge in [0.1, 0.15) is 0 Å². The molecule has 1 aromatic carbocycles. The summed E-state index contributed by atoms with van der Waals surface area (Å²) in [5.41, 5.74) is 10.1. The van der Waals surface area contributed by atoms with Crippen LogP contribution in [0, 0.1) is 0 Å². The van der Waals surface area contributed by atoms with Gasteiger partial charge in [0, 0.05) is 31.0 Å². The Balaban J connectivity index is 1.76. The van der Waals surface area contributed by atoms with Crippen LogP contribution in [0.2, 0.25) is 0 Å². The molecule has 0 saturated carbocycles. The fourth-order valence-corrected chi connectivity index (χ4v) is 3.47. The standard InChI is InChI=1S/C20H25N3/c1-2-13-23-14-4-3-7-19(23)20(21)17-10-8-16(9-11-17)18-6-5-12-22-15-18/h2,5-6,8-12,15,19-20H,1,3-4,7,13-14,21H2/t19-,20?/m0/s1. The smallest absolute Gasteiger partial charge is 0.0453 e. The highest BCUT2D eigenvalue weighted by atomic mass is 15.2. The first-order valence-corrected chi connectivity index (χ1v) is 8.40. The van der Waals surface area contributed by atoms with Crippen LogP contribution < -0.4 is 5.73 Å². The topological polar surface area (TPSA) is 42.1 Å². The van der Waals surface area contributed by atoms with E-state index in [1.54, 1.807) is 6.20 Å². The minimum Gasteiger partial charge on any atom is -0.323 e. The molecule has 2 atom stereocenters. The molecule has 3 heteroatoms. The second-order valence-corrected chi connectivity index (χ2v) is 6.24. The summed E-state index contributed by atoms with van der Waals surface area (Å²) in [5, 5.41) is 0. The Morgan fingerprint density at radius 1 is 1.22 bits per heavy atom. The van der Waals surface area contributed by atoms with E-state index in [9.17, 15) is 0 Å². The Morgan fingerprint density at radius 3 is 2.74 bits per heavy atom. The van der Waals surface area contributed by atoms with Crippen LogP contribution in [-0.2, 0) is 0 Å². The number of piperidine rings is 1. The maximum Gasteiger partial charge on any atom is 0.0453 e. The van der Waals surface area contributed by atoms with Crippen LogP contribution in [0.5, 0.6) is 0 Å². The van der Waals surface area contributed by atoms with E-state index in [1.807, 2.05) is 18.3 Å². The van der Waals surface area contributed by atoms with Gasteiger partial charge in [-0.2, -0.15) is 0 Å². The van der Waals surface area contributed by atoms with Crippen LogP contribution >= 0.6 is 0 Å². The number of likely N-dealkylation sites (tertiary alicyclic amines) is 1. The Bertz CT molecular complexity index is 621. The molecule has 0 bridgehead atoms. The number of nitrogens with two attached hydrogens (primary N) is 1. The summed E-state index contributed by atoms with van der Waals surface area (Å²) in [6.45, 7) is 5.92. The van der Waals surface area contributed by atoms with E-state index in [1.165, 1.54) is 30.4 Å². The molecule has 0 amide bonds. The Kier molecular flexibility index (Phi) is 5.21. The summed E-state index contributed by atoms with van der Waals surface area (Å²) in [6, 6.07) is 13.1. The lowest BCUT2D eigenvalue weighted by Crippen LogP contribution is -2.45. The molecule has 23 heavy (non-hydrogen) atoms. The highest BCUT2D eigenvalue weighted by molar-refractivity contribution is 5.62. The lowest BCUT2D eigenvalue weighted by atomic mass is 9.90. The summed E-state index contributed by atoms with van der Waals surface area (Å²) in [6.07, 6.45) is 9.36. The van der Waals surface area contributed by atoms with Crippen molar-refractivity contribution < 1.29 is 0 Å². The average molecular weight is 307 g/mol. The first kappa shape index (κ1) is 15.9. The first-order valence-electron chi connectivity index (χ1n) is 8.40. The molecule has 1 aliphatic rings. The summed E-state index contributed by atoms with van der Waals surface area (Å²) in [5.74, 6) is 0. The number of benzene rings is 1. The number of aromatic nitrogens is 1. The molecular formula is C20H25N3. The van der Waals surface area contributed by atoms with Crippen LogP contribution in [0.3, 0.4) is 0 Å². The molecule has 1 aliphatic heterocycles.